The first-order valence-electron chi connectivity index (χ1n) is 7.48. The Balaban J connectivity index is 1.64. The normalized spacial score (nSPS) is 10.6. The number of hydrogen-bond acceptors (Lipinski definition) is 3. The van der Waals surface area contributed by atoms with E-state index in [0.29, 0.717) is 17.1 Å². The molecule has 0 atom stereocenters. The lowest BCUT2D eigenvalue weighted by Gasteiger charge is -2.05. The fourth-order valence-electron chi connectivity index (χ4n) is 2.24. The van der Waals surface area contributed by atoms with Crippen LogP contribution in [0.1, 0.15) is 5.56 Å². The van der Waals surface area contributed by atoms with Crippen LogP contribution in [0.25, 0.3) is 11.3 Å². The van der Waals surface area contributed by atoms with E-state index in [2.05, 4.69) is 5.32 Å². The molecule has 0 saturated carbocycles. The second kappa shape index (κ2) is 7.36. The van der Waals surface area contributed by atoms with Gasteiger partial charge in [-0.05, 0) is 42.0 Å². The Kier molecular flexibility index (Phi) is 5.00. The molecule has 1 aromatic heterocycles. The molecule has 0 radical (unpaired) electrons. The fourth-order valence-corrected chi connectivity index (χ4v) is 2.37. The lowest BCUT2D eigenvalue weighted by molar-refractivity contribution is -0.121. The van der Waals surface area contributed by atoms with Crippen LogP contribution in [0.15, 0.2) is 63.9 Å². The first kappa shape index (κ1) is 17.0. The largest absolute Gasteiger partial charge is 0.419 e. The van der Waals surface area contributed by atoms with Crippen molar-refractivity contribution in [3.05, 3.63) is 81.7 Å². The summed E-state index contributed by atoms with van der Waals surface area (Å²) in [6.07, 6.45) is 1.43. The molecule has 0 aliphatic carbocycles. The maximum absolute atomic E-state index is 12.9. The third-order valence-corrected chi connectivity index (χ3v) is 3.80. The lowest BCUT2D eigenvalue weighted by atomic mass is 10.2. The average Bonchev–Trinajstić information content (AvgIpc) is 2.95. The van der Waals surface area contributed by atoms with E-state index in [0.717, 1.165) is 10.1 Å². The first-order chi connectivity index (χ1) is 12.0. The molecule has 0 unspecified atom stereocenters. The summed E-state index contributed by atoms with van der Waals surface area (Å²) >= 11 is 5.80. The molecule has 3 rings (SSSR count). The fraction of sp³-hybridized carbons (Fsp3) is 0.111. The van der Waals surface area contributed by atoms with E-state index in [1.54, 1.807) is 24.3 Å². The standard InChI is InChI=1S/C18H14ClFN2O3/c19-14-5-1-12(2-6-14)9-21-17(23)11-22-10-16(25-18(22)24)13-3-7-15(20)8-4-13/h1-8,10H,9,11H2,(H,21,23). The molecule has 1 amide bonds. The van der Waals surface area contributed by atoms with E-state index in [1.807, 2.05) is 0 Å². The minimum absolute atomic E-state index is 0.170. The van der Waals surface area contributed by atoms with E-state index >= 15 is 0 Å². The van der Waals surface area contributed by atoms with Gasteiger partial charge in [-0.1, -0.05) is 23.7 Å². The number of rotatable bonds is 5. The zero-order valence-corrected chi connectivity index (χ0v) is 13.8. The SMILES string of the molecule is O=C(Cn1cc(-c2ccc(F)cc2)oc1=O)NCc1ccc(Cl)cc1. The van der Waals surface area contributed by atoms with Crippen molar-refractivity contribution in [3.8, 4) is 11.3 Å². The molecule has 128 valence electrons. The summed E-state index contributed by atoms with van der Waals surface area (Å²) in [4.78, 5) is 23.9. The third-order valence-electron chi connectivity index (χ3n) is 3.55. The van der Waals surface area contributed by atoms with Crippen molar-refractivity contribution < 1.29 is 13.6 Å². The van der Waals surface area contributed by atoms with Gasteiger partial charge in [-0.15, -0.1) is 0 Å². The Morgan fingerprint density at radius 2 is 1.80 bits per heavy atom. The van der Waals surface area contributed by atoms with Crippen LogP contribution in [-0.2, 0) is 17.9 Å². The molecule has 0 bridgehead atoms. The van der Waals surface area contributed by atoms with Gasteiger partial charge in [0.05, 0.1) is 6.20 Å². The number of carbonyl (C=O) groups is 1. The molecule has 7 heteroatoms. The Hall–Kier alpha value is -2.86. The molecule has 25 heavy (non-hydrogen) atoms. The van der Waals surface area contributed by atoms with Crippen molar-refractivity contribution in [2.75, 3.05) is 0 Å². The van der Waals surface area contributed by atoms with Crippen LogP contribution in [0.5, 0.6) is 0 Å². The number of nitrogens with one attached hydrogen (secondary N) is 1. The van der Waals surface area contributed by atoms with E-state index in [9.17, 15) is 14.0 Å². The summed E-state index contributed by atoms with van der Waals surface area (Å²) in [5.74, 6) is -1.09. The maximum Gasteiger partial charge on any atom is 0.419 e. The number of aromatic nitrogens is 1. The Morgan fingerprint density at radius 1 is 1.12 bits per heavy atom. The summed E-state index contributed by atoms with van der Waals surface area (Å²) in [6.45, 7) is 0.157. The maximum atomic E-state index is 12.9. The van der Waals surface area contributed by atoms with Crippen molar-refractivity contribution in [2.45, 2.75) is 13.1 Å². The van der Waals surface area contributed by atoms with Gasteiger partial charge >= 0.3 is 5.76 Å². The number of benzene rings is 2. The Morgan fingerprint density at radius 3 is 2.48 bits per heavy atom. The molecule has 5 nitrogen and oxygen atoms in total. The lowest BCUT2D eigenvalue weighted by Crippen LogP contribution is -2.30. The molecular formula is C18H14ClFN2O3. The second-order valence-electron chi connectivity index (χ2n) is 5.40. The topological polar surface area (TPSA) is 64.2 Å². The summed E-state index contributed by atoms with van der Waals surface area (Å²) in [7, 11) is 0. The predicted octanol–water partition coefficient (Wildman–Crippen LogP) is 3.22. The Bertz CT molecular complexity index is 930. The highest BCUT2D eigenvalue weighted by Gasteiger charge is 2.11. The van der Waals surface area contributed by atoms with E-state index in [1.165, 1.54) is 30.5 Å². The van der Waals surface area contributed by atoms with Crippen LogP contribution < -0.4 is 11.1 Å². The van der Waals surface area contributed by atoms with Gasteiger partial charge in [0.15, 0.2) is 5.76 Å². The number of halogens is 2. The summed E-state index contributed by atoms with van der Waals surface area (Å²) in [6, 6.07) is 12.6. The molecular weight excluding hydrogens is 347 g/mol. The zero-order chi connectivity index (χ0) is 17.8. The predicted molar refractivity (Wildman–Crippen MR) is 91.7 cm³/mol. The molecule has 0 saturated heterocycles. The number of oxazole rings is 1. The molecule has 3 aromatic rings. The number of amides is 1. The summed E-state index contributed by atoms with van der Waals surface area (Å²) in [5, 5.41) is 3.34. The summed E-state index contributed by atoms with van der Waals surface area (Å²) in [5.41, 5.74) is 1.45. The molecule has 0 fully saturated rings. The number of hydrogen-bond donors (Lipinski definition) is 1. The van der Waals surface area contributed by atoms with Gasteiger partial charge < -0.3 is 9.73 Å². The second-order valence-corrected chi connectivity index (χ2v) is 5.84. The minimum Gasteiger partial charge on any atom is -0.408 e. The van der Waals surface area contributed by atoms with Gasteiger partial charge in [0, 0.05) is 17.1 Å². The molecule has 1 heterocycles. The first-order valence-corrected chi connectivity index (χ1v) is 7.86. The van der Waals surface area contributed by atoms with Crippen molar-refractivity contribution >= 4 is 17.5 Å². The number of nitrogens with zero attached hydrogens (tertiary/aromatic N) is 1. The van der Waals surface area contributed by atoms with E-state index in [4.69, 9.17) is 16.0 Å². The van der Waals surface area contributed by atoms with Crippen molar-refractivity contribution in [1.82, 2.24) is 9.88 Å². The van der Waals surface area contributed by atoms with Crippen molar-refractivity contribution in [3.63, 3.8) is 0 Å². The van der Waals surface area contributed by atoms with E-state index in [-0.39, 0.29) is 24.0 Å². The van der Waals surface area contributed by atoms with Crippen molar-refractivity contribution in [2.24, 2.45) is 0 Å². The van der Waals surface area contributed by atoms with E-state index < -0.39 is 5.76 Å². The minimum atomic E-state index is -0.652. The van der Waals surface area contributed by atoms with Crippen LogP contribution >= 0.6 is 11.6 Å². The molecule has 0 aliphatic rings. The highest BCUT2D eigenvalue weighted by molar-refractivity contribution is 6.30. The number of carbonyl (C=O) groups excluding carboxylic acids is 1. The monoisotopic (exact) mass is 360 g/mol. The van der Waals surface area contributed by atoms with Crippen LogP contribution in [0.2, 0.25) is 5.02 Å². The zero-order valence-electron chi connectivity index (χ0n) is 13.0. The van der Waals surface area contributed by atoms with Gasteiger partial charge in [0.25, 0.3) is 0 Å². The van der Waals surface area contributed by atoms with Gasteiger partial charge in [-0.3, -0.25) is 9.36 Å². The van der Waals surface area contributed by atoms with Gasteiger partial charge in [0.2, 0.25) is 5.91 Å². The molecule has 0 spiro atoms. The molecule has 2 aromatic carbocycles. The molecule has 1 N–H and O–H groups in total. The third kappa shape index (κ3) is 4.36. The summed E-state index contributed by atoms with van der Waals surface area (Å²) < 4.78 is 19.2. The van der Waals surface area contributed by atoms with Gasteiger partial charge in [0.1, 0.15) is 12.4 Å². The van der Waals surface area contributed by atoms with Crippen LogP contribution in [0, 0.1) is 5.82 Å². The quantitative estimate of drug-likeness (QED) is 0.759. The molecule has 0 aliphatic heterocycles. The smallest absolute Gasteiger partial charge is 0.408 e. The van der Waals surface area contributed by atoms with Gasteiger partial charge in [-0.2, -0.15) is 0 Å². The van der Waals surface area contributed by atoms with Crippen LogP contribution in [0.4, 0.5) is 4.39 Å². The highest BCUT2D eigenvalue weighted by atomic mass is 35.5. The van der Waals surface area contributed by atoms with Crippen LogP contribution in [0.3, 0.4) is 0 Å². The van der Waals surface area contributed by atoms with Gasteiger partial charge in [-0.25, -0.2) is 9.18 Å². The van der Waals surface area contributed by atoms with Crippen LogP contribution in [-0.4, -0.2) is 10.5 Å². The Labute approximate surface area is 147 Å². The highest BCUT2D eigenvalue weighted by Crippen LogP contribution is 2.18. The van der Waals surface area contributed by atoms with Crippen molar-refractivity contribution in [1.29, 1.82) is 0 Å². The average molecular weight is 361 g/mol.